The van der Waals surface area contributed by atoms with Crippen molar-refractivity contribution in [1.82, 2.24) is 40.4 Å². The van der Waals surface area contributed by atoms with E-state index < -0.39 is 48.7 Å². The third kappa shape index (κ3) is 8.40. The number of amides is 4. The molecule has 0 bridgehead atoms. The number of imidazole rings is 2. The summed E-state index contributed by atoms with van der Waals surface area (Å²) in [5, 5.41) is 5.23. The van der Waals surface area contributed by atoms with Gasteiger partial charge in [0.2, 0.25) is 11.8 Å². The molecule has 2 aromatic carbocycles. The van der Waals surface area contributed by atoms with Crippen LogP contribution in [0.2, 0.25) is 0 Å². The molecule has 4 heterocycles. The van der Waals surface area contributed by atoms with Crippen molar-refractivity contribution in [3.63, 3.8) is 0 Å². The van der Waals surface area contributed by atoms with Gasteiger partial charge in [-0.15, -0.1) is 0 Å². The van der Waals surface area contributed by atoms with Crippen molar-refractivity contribution in [2.24, 2.45) is 11.8 Å². The van der Waals surface area contributed by atoms with Gasteiger partial charge in [-0.1, -0.05) is 76.9 Å². The molecule has 2 aromatic heterocycles. The van der Waals surface area contributed by atoms with Crippen LogP contribution in [0.4, 0.5) is 18.4 Å². The normalized spacial score (nSPS) is 22.4. The van der Waals surface area contributed by atoms with E-state index in [1.807, 2.05) is 39.8 Å². The molecule has 4 N–H and O–H groups in total. The number of hydrogen-bond acceptors (Lipinski definition) is 8. The van der Waals surface area contributed by atoms with E-state index in [-0.39, 0.29) is 55.0 Å². The summed E-state index contributed by atoms with van der Waals surface area (Å²) < 4.78 is 39.5. The zero-order chi connectivity index (χ0) is 44.7. The predicted octanol–water partition coefficient (Wildman–Crippen LogP) is 7.88. The number of alkyl halides is 2. The molecule has 0 radical (unpaired) electrons. The number of nitrogens with zero attached hydrogens (tertiary/aromatic N) is 4. The molecule has 14 nitrogen and oxygen atoms in total. The standard InChI is InChI=1S/C47H58F2N8O6/c1-25(2)39(54-45(60)62-5)43(58)56-23-29(48)19-36(56)41-50-21-34(52-41)28-11-9-27(10-12-28)31-13-14-32(33-15-18-47(38(31)33)16-7-8-17-47)35-22-51-42(53-35)37-20-30(49)24-57(37)44(59)40(26(3)4)55-46(61)63-6/h9-14,21-22,25-26,29-30,36-37,39-40H,7-8,15-20,23-24H2,1-6H3,(H,50,52)(H,51,53)(H,54,60)(H,55,61)/t29-,30-,36-,37-,39-,40-/m0/s1. The fourth-order valence-corrected chi connectivity index (χ4v) is 10.5. The number of rotatable bonds is 11. The number of methoxy groups -OCH3 is 2. The Kier molecular flexibility index (Phi) is 12.4. The number of aromatic amines is 2. The molecule has 3 fully saturated rings. The number of ether oxygens (including phenoxy) is 2. The SMILES string of the molecule is COC(=O)N[C@H](C(=O)N1C[C@@H](F)C[C@H]1c1ncc(-c2ccc(-c3ccc(-c4cnc([C@@H]5C[C@H](F)CN5C(=O)[C@@H](NC(=O)OC)C(C)C)[nH]4)c4c3C3(CCCC3)CC4)cc2)[nH]1)C(C)C. The minimum atomic E-state index is -1.23. The quantitative estimate of drug-likeness (QED) is 0.118. The number of nitrogens with one attached hydrogen (secondary N) is 4. The molecule has 63 heavy (non-hydrogen) atoms. The second-order valence-corrected chi connectivity index (χ2v) is 18.3. The number of hydrogen-bond donors (Lipinski definition) is 4. The van der Waals surface area contributed by atoms with Crippen molar-refractivity contribution in [3.8, 4) is 33.6 Å². The summed E-state index contributed by atoms with van der Waals surface area (Å²) in [4.78, 5) is 70.7. The van der Waals surface area contributed by atoms with Gasteiger partial charge in [-0.05, 0) is 70.8 Å². The molecular weight excluding hydrogens is 811 g/mol. The van der Waals surface area contributed by atoms with Gasteiger partial charge in [0.1, 0.15) is 36.1 Å². The lowest BCUT2D eigenvalue weighted by Gasteiger charge is -2.29. The highest BCUT2D eigenvalue weighted by atomic mass is 19.1. The number of aromatic nitrogens is 4. The molecule has 6 atom stereocenters. The zero-order valence-electron chi connectivity index (χ0n) is 36.8. The minimum absolute atomic E-state index is 0.0644. The number of fused-ring (bicyclic) bond motifs is 2. The maximum atomic E-state index is 15.1. The molecule has 0 unspecified atom stereocenters. The van der Waals surface area contributed by atoms with Gasteiger partial charge in [0.15, 0.2) is 0 Å². The van der Waals surface area contributed by atoms with Gasteiger partial charge in [-0.25, -0.2) is 28.3 Å². The molecule has 1 spiro atoms. The molecule has 2 saturated heterocycles. The first-order valence-corrected chi connectivity index (χ1v) is 22.2. The number of likely N-dealkylation sites (tertiary alicyclic amines) is 2. The second-order valence-electron chi connectivity index (χ2n) is 18.3. The Morgan fingerprint density at radius 3 is 1.68 bits per heavy atom. The highest BCUT2D eigenvalue weighted by Gasteiger charge is 2.45. The maximum Gasteiger partial charge on any atom is 0.407 e. The van der Waals surface area contributed by atoms with Gasteiger partial charge >= 0.3 is 12.2 Å². The summed E-state index contributed by atoms with van der Waals surface area (Å²) in [5.74, 6) is -0.267. The van der Waals surface area contributed by atoms with E-state index in [1.165, 1.54) is 53.6 Å². The van der Waals surface area contributed by atoms with E-state index in [0.717, 1.165) is 53.8 Å². The zero-order valence-corrected chi connectivity index (χ0v) is 36.8. The summed E-state index contributed by atoms with van der Waals surface area (Å²) in [6.07, 6.45) is 6.32. The number of halogens is 2. The van der Waals surface area contributed by atoms with Crippen LogP contribution in [-0.2, 0) is 30.9 Å². The van der Waals surface area contributed by atoms with Crippen molar-refractivity contribution < 1.29 is 37.4 Å². The van der Waals surface area contributed by atoms with Crippen molar-refractivity contribution in [2.45, 2.75) is 121 Å². The van der Waals surface area contributed by atoms with Crippen LogP contribution in [0.15, 0.2) is 48.8 Å². The lowest BCUT2D eigenvalue weighted by Crippen LogP contribution is -2.51. The first kappa shape index (κ1) is 43.8. The Morgan fingerprint density at radius 2 is 1.17 bits per heavy atom. The Bertz CT molecular complexity index is 2340. The molecule has 4 amide bonds. The van der Waals surface area contributed by atoms with E-state index in [1.54, 1.807) is 12.4 Å². The van der Waals surface area contributed by atoms with Crippen LogP contribution in [0.3, 0.4) is 0 Å². The third-order valence-electron chi connectivity index (χ3n) is 13.7. The Morgan fingerprint density at radius 1 is 0.698 bits per heavy atom. The average molecular weight is 869 g/mol. The van der Waals surface area contributed by atoms with E-state index in [2.05, 4.69) is 49.9 Å². The predicted molar refractivity (Wildman–Crippen MR) is 232 cm³/mol. The lowest BCUT2D eigenvalue weighted by molar-refractivity contribution is -0.136. The van der Waals surface area contributed by atoms with Crippen molar-refractivity contribution in [3.05, 3.63) is 71.6 Å². The molecule has 8 rings (SSSR count). The fraction of sp³-hybridized carbons (Fsp3) is 0.532. The summed E-state index contributed by atoms with van der Waals surface area (Å²) in [5.41, 5.74) is 8.48. The van der Waals surface area contributed by atoms with Crippen LogP contribution < -0.4 is 10.6 Å². The molecule has 2 aliphatic heterocycles. The van der Waals surface area contributed by atoms with Crippen molar-refractivity contribution in [1.29, 1.82) is 0 Å². The van der Waals surface area contributed by atoms with Crippen LogP contribution in [0, 0.1) is 11.8 Å². The molecule has 4 aromatic rings. The number of alkyl carbamates (subject to hydrolysis) is 2. The first-order valence-electron chi connectivity index (χ1n) is 22.2. The molecular formula is C47H58F2N8O6. The fourth-order valence-electron chi connectivity index (χ4n) is 10.5. The molecule has 16 heteroatoms. The third-order valence-corrected chi connectivity index (χ3v) is 13.7. The summed E-state index contributed by atoms with van der Waals surface area (Å²) >= 11 is 0. The Labute approximate surface area is 366 Å². The van der Waals surface area contributed by atoms with Crippen molar-refractivity contribution >= 4 is 24.0 Å². The van der Waals surface area contributed by atoms with Gasteiger partial charge in [-0.2, -0.15) is 0 Å². The van der Waals surface area contributed by atoms with Gasteiger partial charge in [0, 0.05) is 18.4 Å². The Balaban J connectivity index is 1.05. The van der Waals surface area contributed by atoms with Crippen LogP contribution in [0.1, 0.15) is 108 Å². The van der Waals surface area contributed by atoms with Gasteiger partial charge in [0.25, 0.3) is 0 Å². The maximum absolute atomic E-state index is 15.1. The topological polar surface area (TPSA) is 175 Å². The van der Waals surface area contributed by atoms with E-state index >= 15 is 4.39 Å². The summed E-state index contributed by atoms with van der Waals surface area (Å²) in [7, 11) is 2.48. The second kappa shape index (κ2) is 17.8. The van der Waals surface area contributed by atoms with E-state index in [4.69, 9.17) is 14.5 Å². The lowest BCUT2D eigenvalue weighted by atomic mass is 9.76. The molecule has 1 saturated carbocycles. The van der Waals surface area contributed by atoms with Gasteiger partial charge < -0.3 is 39.9 Å². The van der Waals surface area contributed by atoms with Crippen LogP contribution in [-0.4, -0.2) is 105 Å². The number of benzene rings is 2. The van der Waals surface area contributed by atoms with Crippen LogP contribution in [0.5, 0.6) is 0 Å². The van der Waals surface area contributed by atoms with Crippen molar-refractivity contribution in [2.75, 3.05) is 27.3 Å². The molecule has 336 valence electrons. The van der Waals surface area contributed by atoms with Gasteiger partial charge in [-0.3, -0.25) is 9.59 Å². The molecule has 2 aliphatic carbocycles. The Hall–Kier alpha value is -5.80. The average Bonchev–Trinajstić information content (AvgIpc) is 4.14. The number of carbonyl (C=O) groups is 4. The largest absolute Gasteiger partial charge is 0.453 e. The smallest absolute Gasteiger partial charge is 0.407 e. The highest BCUT2D eigenvalue weighted by molar-refractivity contribution is 5.87. The first-order chi connectivity index (χ1) is 30.2. The summed E-state index contributed by atoms with van der Waals surface area (Å²) in [6, 6.07) is 9.66. The van der Waals surface area contributed by atoms with Crippen LogP contribution in [0.25, 0.3) is 33.6 Å². The summed E-state index contributed by atoms with van der Waals surface area (Å²) in [6.45, 7) is 7.09. The van der Waals surface area contributed by atoms with E-state index in [0.29, 0.717) is 11.6 Å². The van der Waals surface area contributed by atoms with Crippen LogP contribution >= 0.6 is 0 Å². The number of carbonyl (C=O) groups excluding carboxylic acids is 4. The number of H-pyrrole nitrogens is 2. The monoisotopic (exact) mass is 868 g/mol. The highest BCUT2D eigenvalue weighted by Crippen LogP contribution is 2.55. The minimum Gasteiger partial charge on any atom is -0.453 e. The van der Waals surface area contributed by atoms with E-state index in [9.17, 15) is 23.6 Å². The molecule has 4 aliphatic rings. The van der Waals surface area contributed by atoms with Gasteiger partial charge in [0.05, 0.1) is 63.2 Å².